The van der Waals surface area contributed by atoms with Gasteiger partial charge in [0.15, 0.2) is 11.5 Å². The van der Waals surface area contributed by atoms with E-state index in [4.69, 9.17) is 21.1 Å². The quantitative estimate of drug-likeness (QED) is 0.876. The maximum absolute atomic E-state index is 12.7. The van der Waals surface area contributed by atoms with Gasteiger partial charge >= 0.3 is 0 Å². The van der Waals surface area contributed by atoms with Crippen LogP contribution in [0.15, 0.2) is 48.5 Å². The summed E-state index contributed by atoms with van der Waals surface area (Å²) in [5.74, 6) is 1.39. The first-order valence-electron chi connectivity index (χ1n) is 8.46. The van der Waals surface area contributed by atoms with Crippen LogP contribution in [-0.4, -0.2) is 25.2 Å². The molecule has 0 saturated heterocycles. The van der Waals surface area contributed by atoms with Crippen LogP contribution in [0, 0.1) is 5.92 Å². The van der Waals surface area contributed by atoms with Crippen molar-refractivity contribution in [3.05, 3.63) is 59.1 Å². The number of ether oxygens (including phenoxy) is 2. The van der Waals surface area contributed by atoms with Crippen LogP contribution in [0.3, 0.4) is 0 Å². The Morgan fingerprint density at radius 3 is 2.52 bits per heavy atom. The number of benzene rings is 2. The Kier molecular flexibility index (Phi) is 5.49. The molecule has 1 N–H and O–H groups in total. The van der Waals surface area contributed by atoms with Gasteiger partial charge in [-0.1, -0.05) is 49.7 Å². The molecule has 2 aromatic rings. The van der Waals surface area contributed by atoms with E-state index in [1.54, 1.807) is 0 Å². The van der Waals surface area contributed by atoms with Gasteiger partial charge in [0, 0.05) is 5.02 Å². The van der Waals surface area contributed by atoms with Crippen molar-refractivity contribution in [3.8, 4) is 11.5 Å². The molecule has 0 fully saturated rings. The van der Waals surface area contributed by atoms with Gasteiger partial charge in [0.05, 0.1) is 12.5 Å². The van der Waals surface area contributed by atoms with Gasteiger partial charge in [-0.3, -0.25) is 4.79 Å². The largest absolute Gasteiger partial charge is 0.486 e. The van der Waals surface area contributed by atoms with Crippen LogP contribution < -0.4 is 14.8 Å². The molecule has 4 nitrogen and oxygen atoms in total. The molecule has 2 atom stereocenters. The maximum Gasteiger partial charge on any atom is 0.227 e. The highest BCUT2D eigenvalue weighted by atomic mass is 35.5. The summed E-state index contributed by atoms with van der Waals surface area (Å²) in [5.41, 5.74) is 0.961. The molecule has 1 aliphatic heterocycles. The summed E-state index contributed by atoms with van der Waals surface area (Å²) in [5, 5.41) is 3.67. The van der Waals surface area contributed by atoms with Crippen molar-refractivity contribution in [1.82, 2.24) is 5.32 Å². The second-order valence-corrected chi connectivity index (χ2v) is 6.95. The summed E-state index contributed by atoms with van der Waals surface area (Å²) in [7, 11) is 0. The molecule has 132 valence electrons. The minimum Gasteiger partial charge on any atom is -0.486 e. The molecule has 0 saturated carbocycles. The third-order valence-electron chi connectivity index (χ3n) is 4.25. The number of fused-ring (bicyclic) bond motifs is 1. The molecule has 5 heteroatoms. The number of para-hydroxylation sites is 2. The molecule has 1 aliphatic rings. The zero-order valence-electron chi connectivity index (χ0n) is 14.4. The topological polar surface area (TPSA) is 47.6 Å². The average Bonchev–Trinajstić information content (AvgIpc) is 2.61. The second kappa shape index (κ2) is 7.79. The molecule has 2 aromatic carbocycles. The van der Waals surface area contributed by atoms with Crippen molar-refractivity contribution in [3.63, 3.8) is 0 Å². The number of carbonyl (C=O) groups is 1. The summed E-state index contributed by atoms with van der Waals surface area (Å²) < 4.78 is 11.6. The fourth-order valence-electron chi connectivity index (χ4n) is 3.00. The minimum atomic E-state index is -0.228. The second-order valence-electron chi connectivity index (χ2n) is 6.52. The standard InChI is InChI=1S/C20H22ClNO3/c1-13(2)19(14-7-9-15(21)10-8-14)20(23)22-11-16-12-24-17-5-3-4-6-18(17)25-16/h3-10,13,16,19H,11-12H2,1-2H3,(H,22,23)/t16-,19-/m0/s1. The smallest absolute Gasteiger partial charge is 0.227 e. The Hall–Kier alpha value is -2.20. The van der Waals surface area contributed by atoms with Crippen molar-refractivity contribution >= 4 is 17.5 Å². The van der Waals surface area contributed by atoms with E-state index < -0.39 is 0 Å². The third-order valence-corrected chi connectivity index (χ3v) is 4.50. The molecule has 0 aromatic heterocycles. The summed E-state index contributed by atoms with van der Waals surface area (Å²) >= 11 is 5.95. The molecule has 0 aliphatic carbocycles. The van der Waals surface area contributed by atoms with E-state index in [0.29, 0.717) is 23.9 Å². The molecular formula is C20H22ClNO3. The van der Waals surface area contributed by atoms with Gasteiger partial charge in [0.2, 0.25) is 5.91 Å². The Bertz CT molecular complexity index is 730. The molecule has 0 radical (unpaired) electrons. The van der Waals surface area contributed by atoms with Gasteiger partial charge in [-0.25, -0.2) is 0 Å². The number of amides is 1. The zero-order chi connectivity index (χ0) is 17.8. The summed E-state index contributed by atoms with van der Waals surface area (Å²) in [6, 6.07) is 15.0. The summed E-state index contributed by atoms with van der Waals surface area (Å²) in [6.07, 6.45) is -0.197. The van der Waals surface area contributed by atoms with Crippen molar-refractivity contribution < 1.29 is 14.3 Å². The van der Waals surface area contributed by atoms with E-state index in [9.17, 15) is 4.79 Å². The molecule has 1 amide bonds. The molecular weight excluding hydrogens is 338 g/mol. The lowest BCUT2D eigenvalue weighted by molar-refractivity contribution is -0.124. The SMILES string of the molecule is CC(C)[C@H](C(=O)NC[C@H]1COc2ccccc2O1)c1ccc(Cl)cc1. The Morgan fingerprint density at radius 1 is 1.16 bits per heavy atom. The lowest BCUT2D eigenvalue weighted by atomic mass is 9.87. The fraction of sp³-hybridized carbons (Fsp3) is 0.350. The van der Waals surface area contributed by atoms with Gasteiger partial charge in [0.25, 0.3) is 0 Å². The zero-order valence-corrected chi connectivity index (χ0v) is 15.1. The van der Waals surface area contributed by atoms with Gasteiger partial charge in [-0.05, 0) is 35.7 Å². The van der Waals surface area contributed by atoms with E-state index in [-0.39, 0.29) is 23.8 Å². The van der Waals surface area contributed by atoms with Crippen molar-refractivity contribution in [1.29, 1.82) is 0 Å². The molecule has 0 bridgehead atoms. The van der Waals surface area contributed by atoms with Gasteiger partial charge in [-0.15, -0.1) is 0 Å². The highest BCUT2D eigenvalue weighted by molar-refractivity contribution is 6.30. The van der Waals surface area contributed by atoms with Crippen LogP contribution in [0.2, 0.25) is 5.02 Å². The van der Waals surface area contributed by atoms with E-state index in [2.05, 4.69) is 5.32 Å². The van der Waals surface area contributed by atoms with Crippen molar-refractivity contribution in [2.45, 2.75) is 25.9 Å². The van der Waals surface area contributed by atoms with Gasteiger partial charge in [-0.2, -0.15) is 0 Å². The first-order valence-corrected chi connectivity index (χ1v) is 8.84. The van der Waals surface area contributed by atoms with Crippen molar-refractivity contribution in [2.75, 3.05) is 13.2 Å². The van der Waals surface area contributed by atoms with Gasteiger partial charge in [0.1, 0.15) is 12.7 Å². The van der Waals surface area contributed by atoms with Gasteiger partial charge < -0.3 is 14.8 Å². The molecule has 0 spiro atoms. The predicted molar refractivity (Wildman–Crippen MR) is 98.4 cm³/mol. The molecule has 1 heterocycles. The summed E-state index contributed by atoms with van der Waals surface area (Å²) in [4.78, 5) is 12.7. The van der Waals surface area contributed by atoms with Crippen molar-refractivity contribution in [2.24, 2.45) is 5.92 Å². The molecule has 25 heavy (non-hydrogen) atoms. The first kappa shape index (κ1) is 17.6. The average molecular weight is 360 g/mol. The first-order chi connectivity index (χ1) is 12.0. The highest BCUT2D eigenvalue weighted by Gasteiger charge is 2.26. The van der Waals surface area contributed by atoms with E-state index in [1.165, 1.54) is 0 Å². The highest BCUT2D eigenvalue weighted by Crippen LogP contribution is 2.31. The van der Waals surface area contributed by atoms with Crippen LogP contribution in [0.1, 0.15) is 25.3 Å². The van der Waals surface area contributed by atoms with Crippen LogP contribution in [0.5, 0.6) is 11.5 Å². The van der Waals surface area contributed by atoms with E-state index in [0.717, 1.165) is 11.3 Å². The minimum absolute atomic E-state index is 0.0141. The molecule has 3 rings (SSSR count). The van der Waals surface area contributed by atoms with Crippen LogP contribution in [0.4, 0.5) is 0 Å². The number of hydrogen-bond donors (Lipinski definition) is 1. The Morgan fingerprint density at radius 2 is 1.84 bits per heavy atom. The lowest BCUT2D eigenvalue weighted by Crippen LogP contribution is -2.43. The lowest BCUT2D eigenvalue weighted by Gasteiger charge is -2.28. The van der Waals surface area contributed by atoms with E-state index in [1.807, 2.05) is 62.4 Å². The van der Waals surface area contributed by atoms with Crippen LogP contribution >= 0.6 is 11.6 Å². The summed E-state index contributed by atoms with van der Waals surface area (Å²) in [6.45, 7) is 4.90. The number of carbonyl (C=O) groups excluding carboxylic acids is 1. The number of nitrogens with one attached hydrogen (secondary N) is 1. The van der Waals surface area contributed by atoms with Crippen LogP contribution in [0.25, 0.3) is 0 Å². The van der Waals surface area contributed by atoms with Crippen LogP contribution in [-0.2, 0) is 4.79 Å². The monoisotopic (exact) mass is 359 g/mol. The number of halogens is 1. The maximum atomic E-state index is 12.7. The number of rotatable bonds is 5. The third kappa shape index (κ3) is 4.26. The van der Waals surface area contributed by atoms with E-state index >= 15 is 0 Å². The fourth-order valence-corrected chi connectivity index (χ4v) is 3.12. The normalized spacial score (nSPS) is 17.2. The molecule has 0 unspecified atom stereocenters. The Balaban J connectivity index is 1.62. The number of hydrogen-bond acceptors (Lipinski definition) is 3. The predicted octanol–water partition coefficient (Wildman–Crippen LogP) is 4.04. The Labute approximate surface area is 153 Å².